The summed E-state index contributed by atoms with van der Waals surface area (Å²) in [6, 6.07) is 6.81. The number of ether oxygens (including phenoxy) is 1. The van der Waals surface area contributed by atoms with E-state index in [4.69, 9.17) is 9.15 Å². The molecule has 0 unspecified atom stereocenters. The first-order valence-electron chi connectivity index (χ1n) is 4.74. The molecule has 3 nitrogen and oxygen atoms in total. The lowest BCUT2D eigenvalue weighted by Crippen LogP contribution is -2.00. The van der Waals surface area contributed by atoms with Crippen LogP contribution in [0, 0.1) is 0 Å². The van der Waals surface area contributed by atoms with Gasteiger partial charge in [0.2, 0.25) is 0 Å². The van der Waals surface area contributed by atoms with Gasteiger partial charge in [-0.25, -0.2) is 0 Å². The van der Waals surface area contributed by atoms with E-state index in [-0.39, 0.29) is 5.78 Å². The number of carbonyl (C=O) groups is 1. The first kappa shape index (κ1) is 12.4. The molecular weight excluding hydrogens is 352 g/mol. The minimum absolute atomic E-state index is 0.103. The van der Waals surface area contributed by atoms with Gasteiger partial charge in [0.1, 0.15) is 5.75 Å². The number of halogens is 2. The van der Waals surface area contributed by atoms with Crippen LogP contribution in [-0.4, -0.2) is 12.9 Å². The van der Waals surface area contributed by atoms with Crippen LogP contribution in [0.15, 0.2) is 44.1 Å². The van der Waals surface area contributed by atoms with Crippen LogP contribution in [0.4, 0.5) is 0 Å². The van der Waals surface area contributed by atoms with Gasteiger partial charge in [-0.2, -0.15) is 0 Å². The average molecular weight is 360 g/mol. The van der Waals surface area contributed by atoms with Gasteiger partial charge < -0.3 is 9.15 Å². The van der Waals surface area contributed by atoms with E-state index in [1.54, 1.807) is 31.4 Å². The first-order valence-corrected chi connectivity index (χ1v) is 6.33. The Hall–Kier alpha value is -1.07. The van der Waals surface area contributed by atoms with Crippen molar-refractivity contribution in [3.05, 3.63) is 50.8 Å². The fourth-order valence-corrected chi connectivity index (χ4v) is 2.38. The monoisotopic (exact) mass is 358 g/mol. The Morgan fingerprint density at radius 3 is 2.59 bits per heavy atom. The van der Waals surface area contributed by atoms with E-state index < -0.39 is 0 Å². The summed E-state index contributed by atoms with van der Waals surface area (Å²) in [5, 5.41) is 0. The van der Waals surface area contributed by atoms with Crippen LogP contribution in [0.3, 0.4) is 0 Å². The van der Waals surface area contributed by atoms with Gasteiger partial charge in [-0.1, -0.05) is 0 Å². The Morgan fingerprint density at radius 1 is 1.29 bits per heavy atom. The molecule has 1 aromatic heterocycles. The summed E-state index contributed by atoms with van der Waals surface area (Å²) in [4.78, 5) is 12.1. The van der Waals surface area contributed by atoms with E-state index in [0.29, 0.717) is 21.5 Å². The van der Waals surface area contributed by atoms with Crippen LogP contribution in [0.1, 0.15) is 15.9 Å². The number of furan rings is 1. The Bertz CT molecular complexity index is 561. The molecule has 0 fully saturated rings. The number of hydrogen-bond donors (Lipinski definition) is 0. The quantitative estimate of drug-likeness (QED) is 0.776. The first-order chi connectivity index (χ1) is 8.13. The van der Waals surface area contributed by atoms with E-state index in [9.17, 15) is 4.79 Å². The van der Waals surface area contributed by atoms with E-state index in [2.05, 4.69) is 31.9 Å². The number of rotatable bonds is 3. The Kier molecular flexibility index (Phi) is 3.69. The minimum atomic E-state index is -0.103. The second-order valence-corrected chi connectivity index (χ2v) is 4.86. The van der Waals surface area contributed by atoms with Crippen molar-refractivity contribution in [1.29, 1.82) is 0 Å². The molecule has 88 valence electrons. The lowest BCUT2D eigenvalue weighted by atomic mass is 10.1. The van der Waals surface area contributed by atoms with Gasteiger partial charge in [-0.15, -0.1) is 0 Å². The molecule has 17 heavy (non-hydrogen) atoms. The van der Waals surface area contributed by atoms with Crippen molar-refractivity contribution in [2.24, 2.45) is 0 Å². The van der Waals surface area contributed by atoms with Gasteiger partial charge in [-0.3, -0.25) is 4.79 Å². The highest BCUT2D eigenvalue weighted by atomic mass is 79.9. The normalized spacial score (nSPS) is 10.3. The summed E-state index contributed by atoms with van der Waals surface area (Å²) >= 11 is 6.53. The van der Waals surface area contributed by atoms with Crippen LogP contribution in [-0.2, 0) is 0 Å². The molecule has 0 bridgehead atoms. The van der Waals surface area contributed by atoms with E-state index in [0.717, 1.165) is 4.47 Å². The fourth-order valence-electron chi connectivity index (χ4n) is 1.42. The fraction of sp³-hybridized carbons (Fsp3) is 0.0833. The lowest BCUT2D eigenvalue weighted by molar-refractivity contribution is 0.103. The molecule has 2 rings (SSSR count). The van der Waals surface area contributed by atoms with Crippen molar-refractivity contribution in [2.75, 3.05) is 7.11 Å². The zero-order valence-electron chi connectivity index (χ0n) is 8.87. The molecule has 0 radical (unpaired) electrons. The van der Waals surface area contributed by atoms with Gasteiger partial charge in [0.15, 0.2) is 10.5 Å². The molecule has 0 amide bonds. The van der Waals surface area contributed by atoms with Crippen molar-refractivity contribution >= 4 is 37.6 Å². The molecule has 1 aromatic carbocycles. The molecule has 5 heteroatoms. The maximum Gasteiger partial charge on any atom is 0.197 e. The third kappa shape index (κ3) is 2.45. The van der Waals surface area contributed by atoms with Crippen LogP contribution >= 0.6 is 31.9 Å². The van der Waals surface area contributed by atoms with Crippen LogP contribution < -0.4 is 4.74 Å². The molecule has 0 aliphatic carbocycles. The Balaban J connectivity index is 2.39. The minimum Gasteiger partial charge on any atom is -0.496 e. The standard InChI is InChI=1S/C12H8Br2O3/c1-16-10-3-2-7(6-9(10)13)11(15)8-4-5-17-12(8)14/h2-6H,1H3. The predicted octanol–water partition coefficient (Wildman–Crippen LogP) is 4.04. The summed E-state index contributed by atoms with van der Waals surface area (Å²) in [7, 11) is 1.58. The second kappa shape index (κ2) is 5.06. The summed E-state index contributed by atoms with van der Waals surface area (Å²) in [6.07, 6.45) is 1.47. The number of hydrogen-bond acceptors (Lipinski definition) is 3. The van der Waals surface area contributed by atoms with Crippen molar-refractivity contribution < 1.29 is 13.9 Å². The molecule has 0 saturated heterocycles. The molecule has 1 heterocycles. The number of carbonyl (C=O) groups excluding carboxylic acids is 1. The molecular formula is C12H8Br2O3. The number of ketones is 1. The Morgan fingerprint density at radius 2 is 2.06 bits per heavy atom. The summed E-state index contributed by atoms with van der Waals surface area (Å²) in [5.74, 6) is 0.585. The summed E-state index contributed by atoms with van der Waals surface area (Å²) in [6.45, 7) is 0. The third-order valence-corrected chi connectivity index (χ3v) is 3.51. The molecule has 2 aromatic rings. The zero-order chi connectivity index (χ0) is 12.4. The molecule has 0 atom stereocenters. The lowest BCUT2D eigenvalue weighted by Gasteiger charge is -2.05. The van der Waals surface area contributed by atoms with Crippen LogP contribution in [0.2, 0.25) is 0 Å². The molecule has 0 spiro atoms. The summed E-state index contributed by atoms with van der Waals surface area (Å²) < 4.78 is 11.3. The highest BCUT2D eigenvalue weighted by Gasteiger charge is 2.16. The van der Waals surface area contributed by atoms with Crippen LogP contribution in [0.25, 0.3) is 0 Å². The number of methoxy groups -OCH3 is 1. The molecule has 0 aliphatic heterocycles. The number of benzene rings is 1. The van der Waals surface area contributed by atoms with Crippen LogP contribution in [0.5, 0.6) is 5.75 Å². The van der Waals surface area contributed by atoms with Gasteiger partial charge >= 0.3 is 0 Å². The highest BCUT2D eigenvalue weighted by Crippen LogP contribution is 2.28. The van der Waals surface area contributed by atoms with E-state index in [1.807, 2.05) is 0 Å². The maximum absolute atomic E-state index is 12.1. The largest absolute Gasteiger partial charge is 0.496 e. The van der Waals surface area contributed by atoms with Gasteiger partial charge in [-0.05, 0) is 56.1 Å². The average Bonchev–Trinajstić information content (AvgIpc) is 2.74. The maximum atomic E-state index is 12.1. The zero-order valence-corrected chi connectivity index (χ0v) is 12.0. The predicted molar refractivity (Wildman–Crippen MR) is 70.5 cm³/mol. The molecule has 0 aliphatic rings. The van der Waals surface area contributed by atoms with Crippen molar-refractivity contribution in [3.63, 3.8) is 0 Å². The molecule has 0 N–H and O–H groups in total. The van der Waals surface area contributed by atoms with E-state index >= 15 is 0 Å². The van der Waals surface area contributed by atoms with Gasteiger partial charge in [0, 0.05) is 5.56 Å². The van der Waals surface area contributed by atoms with Crippen molar-refractivity contribution in [2.45, 2.75) is 0 Å². The summed E-state index contributed by atoms with van der Waals surface area (Å²) in [5.41, 5.74) is 1.07. The van der Waals surface area contributed by atoms with E-state index in [1.165, 1.54) is 6.26 Å². The highest BCUT2D eigenvalue weighted by molar-refractivity contribution is 9.10. The third-order valence-electron chi connectivity index (χ3n) is 2.28. The smallest absolute Gasteiger partial charge is 0.197 e. The van der Waals surface area contributed by atoms with Gasteiger partial charge in [0.25, 0.3) is 0 Å². The van der Waals surface area contributed by atoms with Gasteiger partial charge in [0.05, 0.1) is 23.4 Å². The Labute approximate surface area is 115 Å². The molecule has 0 saturated carbocycles. The van der Waals surface area contributed by atoms with Crippen molar-refractivity contribution in [1.82, 2.24) is 0 Å². The second-order valence-electron chi connectivity index (χ2n) is 3.29. The topological polar surface area (TPSA) is 39.4 Å². The SMILES string of the molecule is COc1ccc(C(=O)c2ccoc2Br)cc1Br. The van der Waals surface area contributed by atoms with Crippen molar-refractivity contribution in [3.8, 4) is 5.75 Å².